The van der Waals surface area contributed by atoms with Crippen LogP contribution in [0.1, 0.15) is 15.9 Å². The van der Waals surface area contributed by atoms with Gasteiger partial charge in [0.2, 0.25) is 5.91 Å². The molecular formula is C16H12ClF3N2O4. The van der Waals surface area contributed by atoms with Crippen molar-refractivity contribution in [3.05, 3.63) is 63.0 Å². The number of carbonyl (C=O) groups excluding carboxylic acids is 2. The summed E-state index contributed by atoms with van der Waals surface area (Å²) in [6, 6.07) is 5.20. The van der Waals surface area contributed by atoms with Gasteiger partial charge in [-0.25, -0.2) is 4.79 Å². The number of carbonyl (C=O) groups is 2. The number of ether oxygens (including phenoxy) is 1. The standard InChI is InChI=1S/C16H12ClF3N2O4/c1-26-15(25)9-2-5-14(24)22(7-9)8-13(23)21-10-3-4-12(17)11(6-10)16(18,19)20/h2-7H,8H2,1H3,(H,21,23). The fourth-order valence-corrected chi connectivity index (χ4v) is 2.29. The third-order valence-corrected chi connectivity index (χ3v) is 3.60. The van der Waals surface area contributed by atoms with E-state index in [4.69, 9.17) is 11.6 Å². The first-order chi connectivity index (χ1) is 12.1. The molecule has 1 heterocycles. The average Bonchev–Trinajstić information content (AvgIpc) is 2.56. The van der Waals surface area contributed by atoms with Crippen molar-refractivity contribution in [1.29, 1.82) is 0 Å². The first-order valence-corrected chi connectivity index (χ1v) is 7.45. The minimum absolute atomic E-state index is 0.0470. The van der Waals surface area contributed by atoms with E-state index in [-0.39, 0.29) is 11.3 Å². The van der Waals surface area contributed by atoms with Crippen LogP contribution >= 0.6 is 11.6 Å². The Balaban J connectivity index is 2.20. The molecular weight excluding hydrogens is 377 g/mol. The minimum Gasteiger partial charge on any atom is -0.465 e. The SMILES string of the molecule is COC(=O)c1ccc(=O)n(CC(=O)Nc2ccc(Cl)c(C(F)(F)F)c2)c1. The number of methoxy groups -OCH3 is 1. The molecule has 138 valence electrons. The monoisotopic (exact) mass is 388 g/mol. The zero-order valence-corrected chi connectivity index (χ0v) is 14.0. The van der Waals surface area contributed by atoms with Crippen LogP contribution in [0.2, 0.25) is 5.02 Å². The molecule has 0 radical (unpaired) electrons. The molecule has 0 unspecified atom stereocenters. The van der Waals surface area contributed by atoms with E-state index >= 15 is 0 Å². The summed E-state index contributed by atoms with van der Waals surface area (Å²) >= 11 is 5.51. The fraction of sp³-hybridized carbons (Fsp3) is 0.188. The molecule has 0 aliphatic heterocycles. The molecule has 0 saturated carbocycles. The maximum atomic E-state index is 12.8. The molecule has 10 heteroatoms. The number of pyridine rings is 1. The van der Waals surface area contributed by atoms with Gasteiger partial charge in [-0.15, -0.1) is 0 Å². The van der Waals surface area contributed by atoms with Crippen molar-refractivity contribution in [1.82, 2.24) is 4.57 Å². The zero-order valence-electron chi connectivity index (χ0n) is 13.3. The van der Waals surface area contributed by atoms with Crippen LogP contribution in [0.5, 0.6) is 0 Å². The molecule has 0 bridgehead atoms. The Kier molecular flexibility index (Phi) is 5.71. The lowest BCUT2D eigenvalue weighted by Gasteiger charge is -2.12. The van der Waals surface area contributed by atoms with Gasteiger partial charge in [0.05, 0.1) is 23.3 Å². The Morgan fingerprint density at radius 2 is 1.92 bits per heavy atom. The van der Waals surface area contributed by atoms with Crippen molar-refractivity contribution in [2.24, 2.45) is 0 Å². The highest BCUT2D eigenvalue weighted by molar-refractivity contribution is 6.31. The number of halogens is 4. The number of benzene rings is 1. The molecule has 6 nitrogen and oxygen atoms in total. The fourth-order valence-electron chi connectivity index (χ4n) is 2.07. The Labute approximate surface area is 150 Å². The van der Waals surface area contributed by atoms with Gasteiger partial charge in [-0.1, -0.05) is 11.6 Å². The summed E-state index contributed by atoms with van der Waals surface area (Å²) in [5.41, 5.74) is -1.75. The summed E-state index contributed by atoms with van der Waals surface area (Å²) in [5, 5.41) is 1.74. The third kappa shape index (κ3) is 4.63. The number of alkyl halides is 3. The molecule has 1 N–H and O–H groups in total. The van der Waals surface area contributed by atoms with Crippen molar-refractivity contribution >= 4 is 29.2 Å². The van der Waals surface area contributed by atoms with Gasteiger partial charge in [0, 0.05) is 18.0 Å². The second kappa shape index (κ2) is 7.61. The quantitative estimate of drug-likeness (QED) is 0.817. The second-order valence-electron chi connectivity index (χ2n) is 5.12. The maximum Gasteiger partial charge on any atom is 0.417 e. The van der Waals surface area contributed by atoms with Crippen LogP contribution in [0.4, 0.5) is 18.9 Å². The number of hydrogen-bond donors (Lipinski definition) is 1. The van der Waals surface area contributed by atoms with Gasteiger partial charge in [0.25, 0.3) is 5.56 Å². The highest BCUT2D eigenvalue weighted by Gasteiger charge is 2.33. The van der Waals surface area contributed by atoms with Crippen LogP contribution in [0.25, 0.3) is 0 Å². The van der Waals surface area contributed by atoms with E-state index in [2.05, 4.69) is 10.1 Å². The van der Waals surface area contributed by atoms with Crippen molar-refractivity contribution in [2.45, 2.75) is 12.7 Å². The van der Waals surface area contributed by atoms with Gasteiger partial charge in [-0.2, -0.15) is 13.2 Å². The van der Waals surface area contributed by atoms with Gasteiger partial charge in [0.1, 0.15) is 6.54 Å². The Bertz CT molecular complexity index is 909. The number of anilines is 1. The molecule has 0 aliphatic carbocycles. The first-order valence-electron chi connectivity index (χ1n) is 7.07. The molecule has 0 aliphatic rings. The van der Waals surface area contributed by atoms with E-state index in [1.54, 1.807) is 0 Å². The van der Waals surface area contributed by atoms with Crippen molar-refractivity contribution in [2.75, 3.05) is 12.4 Å². The highest BCUT2D eigenvalue weighted by Crippen LogP contribution is 2.36. The highest BCUT2D eigenvalue weighted by atomic mass is 35.5. The topological polar surface area (TPSA) is 77.4 Å². The molecule has 2 aromatic rings. The summed E-state index contributed by atoms with van der Waals surface area (Å²) in [6.45, 7) is -0.506. The number of amides is 1. The van der Waals surface area contributed by atoms with Gasteiger partial charge < -0.3 is 14.6 Å². The molecule has 0 spiro atoms. The lowest BCUT2D eigenvalue weighted by molar-refractivity contribution is -0.137. The van der Waals surface area contributed by atoms with Crippen LogP contribution < -0.4 is 10.9 Å². The largest absolute Gasteiger partial charge is 0.465 e. The maximum absolute atomic E-state index is 12.8. The molecule has 0 atom stereocenters. The number of nitrogens with one attached hydrogen (secondary N) is 1. The average molecular weight is 389 g/mol. The van der Waals surface area contributed by atoms with E-state index in [1.165, 1.54) is 12.1 Å². The predicted octanol–water partition coefficient (Wildman–Crippen LogP) is 2.95. The normalized spacial score (nSPS) is 11.1. The van der Waals surface area contributed by atoms with Crippen LogP contribution in [0.15, 0.2) is 41.3 Å². The Morgan fingerprint density at radius 1 is 1.23 bits per heavy atom. The summed E-state index contributed by atoms with van der Waals surface area (Å²) < 4.78 is 43.9. The summed E-state index contributed by atoms with van der Waals surface area (Å²) in [5.74, 6) is -1.46. The number of nitrogens with zero attached hydrogens (tertiary/aromatic N) is 1. The Morgan fingerprint density at radius 3 is 2.54 bits per heavy atom. The Hall–Kier alpha value is -2.81. The van der Waals surface area contributed by atoms with E-state index < -0.39 is 40.7 Å². The molecule has 0 fully saturated rings. The van der Waals surface area contributed by atoms with Crippen LogP contribution in [-0.2, 0) is 22.3 Å². The lowest BCUT2D eigenvalue weighted by Crippen LogP contribution is -2.27. The van der Waals surface area contributed by atoms with Crippen molar-refractivity contribution < 1.29 is 27.5 Å². The first kappa shape index (κ1) is 19.5. The molecule has 0 saturated heterocycles. The van der Waals surface area contributed by atoms with Gasteiger partial charge in [0.15, 0.2) is 0 Å². The van der Waals surface area contributed by atoms with E-state index in [9.17, 15) is 27.6 Å². The zero-order chi connectivity index (χ0) is 19.5. The van der Waals surface area contributed by atoms with E-state index in [0.717, 1.165) is 30.0 Å². The van der Waals surface area contributed by atoms with Crippen LogP contribution in [-0.4, -0.2) is 23.6 Å². The minimum atomic E-state index is -4.68. The second-order valence-corrected chi connectivity index (χ2v) is 5.52. The number of rotatable bonds is 4. The number of hydrogen-bond acceptors (Lipinski definition) is 4. The van der Waals surface area contributed by atoms with E-state index in [0.29, 0.717) is 6.07 Å². The molecule has 26 heavy (non-hydrogen) atoms. The van der Waals surface area contributed by atoms with Crippen LogP contribution in [0, 0.1) is 0 Å². The van der Waals surface area contributed by atoms with Crippen molar-refractivity contribution in [3.8, 4) is 0 Å². The van der Waals surface area contributed by atoms with Crippen LogP contribution in [0.3, 0.4) is 0 Å². The van der Waals surface area contributed by atoms with E-state index in [1.807, 2.05) is 0 Å². The summed E-state index contributed by atoms with van der Waals surface area (Å²) in [4.78, 5) is 35.3. The summed E-state index contributed by atoms with van der Waals surface area (Å²) in [7, 11) is 1.16. The van der Waals surface area contributed by atoms with Gasteiger partial charge >= 0.3 is 12.1 Å². The van der Waals surface area contributed by atoms with Gasteiger partial charge in [-0.05, 0) is 24.3 Å². The van der Waals surface area contributed by atoms with Gasteiger partial charge in [-0.3, -0.25) is 9.59 Å². The number of esters is 1. The lowest BCUT2D eigenvalue weighted by atomic mass is 10.2. The third-order valence-electron chi connectivity index (χ3n) is 3.27. The smallest absolute Gasteiger partial charge is 0.417 e. The van der Waals surface area contributed by atoms with Crippen molar-refractivity contribution in [3.63, 3.8) is 0 Å². The predicted molar refractivity (Wildman–Crippen MR) is 87.1 cm³/mol. The summed E-state index contributed by atoms with van der Waals surface area (Å²) in [6.07, 6.45) is -3.56. The molecule has 1 aromatic carbocycles. The molecule has 2 rings (SSSR count). The molecule has 1 amide bonds. The number of aromatic nitrogens is 1. The molecule has 1 aromatic heterocycles.